The van der Waals surface area contributed by atoms with E-state index < -0.39 is 0 Å². The number of ether oxygens (including phenoxy) is 1. The van der Waals surface area contributed by atoms with E-state index in [1.165, 1.54) is 11.2 Å². The van der Waals surface area contributed by atoms with Crippen molar-refractivity contribution in [2.45, 2.75) is 19.4 Å². The van der Waals surface area contributed by atoms with Gasteiger partial charge >= 0.3 is 0 Å². The highest BCUT2D eigenvalue weighted by Crippen LogP contribution is 2.30. The average Bonchev–Trinajstić information content (AvgIpc) is 3.22. The Labute approximate surface area is 168 Å². The van der Waals surface area contributed by atoms with Gasteiger partial charge in [0.1, 0.15) is 24.9 Å². The molecule has 0 saturated heterocycles. The third-order valence-corrected chi connectivity index (χ3v) is 4.79. The van der Waals surface area contributed by atoms with Crippen molar-refractivity contribution in [3.8, 4) is 11.4 Å². The fraction of sp³-hybridized carbons (Fsp3) is 0.238. The van der Waals surface area contributed by atoms with Gasteiger partial charge in [-0.05, 0) is 36.8 Å². The van der Waals surface area contributed by atoms with Gasteiger partial charge in [-0.2, -0.15) is 5.10 Å². The van der Waals surface area contributed by atoms with Crippen LogP contribution in [0.2, 0.25) is 0 Å². The molecule has 8 heteroatoms. The summed E-state index contributed by atoms with van der Waals surface area (Å²) < 4.78 is 7.28. The van der Waals surface area contributed by atoms with E-state index in [2.05, 4.69) is 15.4 Å². The quantitative estimate of drug-likeness (QED) is 0.721. The number of nitrogens with one attached hydrogen (secondary N) is 1. The van der Waals surface area contributed by atoms with Crippen molar-refractivity contribution in [3.05, 3.63) is 66.7 Å². The van der Waals surface area contributed by atoms with Crippen molar-refractivity contribution in [1.29, 1.82) is 0 Å². The van der Waals surface area contributed by atoms with Crippen LogP contribution < -0.4 is 15.0 Å². The average molecular weight is 391 g/mol. The Morgan fingerprint density at radius 3 is 2.76 bits per heavy atom. The van der Waals surface area contributed by atoms with Crippen LogP contribution in [0.15, 0.2) is 61.2 Å². The van der Waals surface area contributed by atoms with Crippen molar-refractivity contribution in [3.63, 3.8) is 0 Å². The first-order valence-corrected chi connectivity index (χ1v) is 9.38. The SMILES string of the molecule is C[C@H](NC(=O)CN1C(=O)CCOc2ccccc21)c1ccc(-n2cncn2)cc1. The standard InChI is InChI=1S/C21H21N5O3/c1-15(16-6-8-17(9-7-16)26-14-22-13-23-26)24-20(27)12-25-18-4-2-3-5-19(18)29-11-10-21(25)28/h2-9,13-15H,10-12H2,1H3,(H,24,27)/t15-/m0/s1. The molecule has 0 bridgehead atoms. The maximum atomic E-state index is 12.6. The van der Waals surface area contributed by atoms with E-state index in [4.69, 9.17) is 4.74 Å². The second-order valence-corrected chi connectivity index (χ2v) is 6.77. The lowest BCUT2D eigenvalue weighted by atomic mass is 10.1. The summed E-state index contributed by atoms with van der Waals surface area (Å²) >= 11 is 0. The van der Waals surface area contributed by atoms with E-state index in [0.29, 0.717) is 18.0 Å². The molecule has 2 heterocycles. The first-order valence-electron chi connectivity index (χ1n) is 9.38. The van der Waals surface area contributed by atoms with Crippen molar-refractivity contribution < 1.29 is 14.3 Å². The minimum atomic E-state index is -0.233. The van der Waals surface area contributed by atoms with Crippen molar-refractivity contribution >= 4 is 17.5 Å². The van der Waals surface area contributed by atoms with E-state index >= 15 is 0 Å². The highest BCUT2D eigenvalue weighted by molar-refractivity contribution is 6.00. The van der Waals surface area contributed by atoms with Gasteiger partial charge in [0.15, 0.2) is 0 Å². The number of anilines is 1. The molecule has 29 heavy (non-hydrogen) atoms. The zero-order valence-electron chi connectivity index (χ0n) is 16.0. The Bertz CT molecular complexity index is 1000. The molecular formula is C21H21N5O3. The summed E-state index contributed by atoms with van der Waals surface area (Å²) in [4.78, 5) is 30.5. The number of aromatic nitrogens is 3. The van der Waals surface area contributed by atoms with Gasteiger partial charge in [0.25, 0.3) is 0 Å². The summed E-state index contributed by atoms with van der Waals surface area (Å²) in [5.41, 5.74) is 2.46. The zero-order chi connectivity index (χ0) is 20.2. The Hall–Kier alpha value is -3.68. The van der Waals surface area contributed by atoms with Gasteiger partial charge in [0.05, 0.1) is 30.4 Å². The Morgan fingerprint density at radius 1 is 1.21 bits per heavy atom. The lowest BCUT2D eigenvalue weighted by Crippen LogP contribution is -2.41. The molecule has 0 saturated carbocycles. The molecule has 3 aromatic rings. The molecule has 1 N–H and O–H groups in total. The number of carbonyl (C=O) groups excluding carboxylic acids is 2. The normalized spacial score (nSPS) is 14.5. The van der Waals surface area contributed by atoms with Gasteiger partial charge in [0.2, 0.25) is 11.8 Å². The fourth-order valence-corrected chi connectivity index (χ4v) is 3.26. The largest absolute Gasteiger partial charge is 0.491 e. The van der Waals surface area contributed by atoms with Gasteiger partial charge in [-0.3, -0.25) is 14.5 Å². The predicted molar refractivity (Wildman–Crippen MR) is 107 cm³/mol. The number of hydrogen-bond acceptors (Lipinski definition) is 5. The topological polar surface area (TPSA) is 89.4 Å². The first-order chi connectivity index (χ1) is 14.1. The maximum absolute atomic E-state index is 12.6. The molecule has 0 aliphatic carbocycles. The van der Waals surface area contributed by atoms with Gasteiger partial charge in [-0.1, -0.05) is 24.3 Å². The Balaban J connectivity index is 1.43. The van der Waals surface area contributed by atoms with Crippen molar-refractivity contribution in [2.75, 3.05) is 18.1 Å². The molecule has 1 atom stereocenters. The molecule has 4 rings (SSSR count). The van der Waals surface area contributed by atoms with Crippen LogP contribution in [0.1, 0.15) is 24.9 Å². The third kappa shape index (κ3) is 4.11. The second kappa shape index (κ2) is 8.14. The summed E-state index contributed by atoms with van der Waals surface area (Å²) in [6.07, 6.45) is 3.34. The third-order valence-electron chi connectivity index (χ3n) is 4.79. The molecule has 1 aromatic heterocycles. The lowest BCUT2D eigenvalue weighted by molar-refractivity contribution is -0.124. The second-order valence-electron chi connectivity index (χ2n) is 6.77. The first kappa shape index (κ1) is 18.7. The number of fused-ring (bicyclic) bond motifs is 1. The Morgan fingerprint density at radius 2 is 2.00 bits per heavy atom. The lowest BCUT2D eigenvalue weighted by Gasteiger charge is -2.23. The number of nitrogens with zero attached hydrogens (tertiary/aromatic N) is 4. The number of benzene rings is 2. The summed E-state index contributed by atoms with van der Waals surface area (Å²) in [7, 11) is 0. The predicted octanol–water partition coefficient (Wildman–Crippen LogP) is 2.26. The summed E-state index contributed by atoms with van der Waals surface area (Å²) in [5.74, 6) is 0.251. The van der Waals surface area contributed by atoms with Crippen LogP contribution in [-0.4, -0.2) is 39.7 Å². The molecule has 148 valence electrons. The number of para-hydroxylation sites is 2. The van der Waals surface area contributed by atoms with Gasteiger partial charge in [-0.25, -0.2) is 9.67 Å². The van der Waals surface area contributed by atoms with E-state index in [9.17, 15) is 9.59 Å². The fourth-order valence-electron chi connectivity index (χ4n) is 3.26. The molecule has 0 radical (unpaired) electrons. The summed E-state index contributed by atoms with van der Waals surface area (Å²) in [6.45, 7) is 2.16. The molecule has 0 fully saturated rings. The molecule has 0 spiro atoms. The summed E-state index contributed by atoms with van der Waals surface area (Å²) in [6, 6.07) is 14.8. The molecule has 2 amide bonds. The molecular weight excluding hydrogens is 370 g/mol. The molecule has 8 nitrogen and oxygen atoms in total. The molecule has 0 unspecified atom stereocenters. The van der Waals surface area contributed by atoms with E-state index in [1.807, 2.05) is 43.3 Å². The monoisotopic (exact) mass is 391 g/mol. The highest BCUT2D eigenvalue weighted by atomic mass is 16.5. The van der Waals surface area contributed by atoms with Crippen LogP contribution in [0, 0.1) is 0 Å². The minimum absolute atomic E-state index is 0.0550. The van der Waals surface area contributed by atoms with Crippen LogP contribution >= 0.6 is 0 Å². The van der Waals surface area contributed by atoms with Crippen LogP contribution in [0.5, 0.6) is 5.75 Å². The van der Waals surface area contributed by atoms with Crippen LogP contribution in [0.25, 0.3) is 5.69 Å². The van der Waals surface area contributed by atoms with Crippen LogP contribution in [0.3, 0.4) is 0 Å². The number of hydrogen-bond donors (Lipinski definition) is 1. The summed E-state index contributed by atoms with van der Waals surface area (Å²) in [5, 5.41) is 7.06. The van der Waals surface area contributed by atoms with E-state index in [1.54, 1.807) is 23.1 Å². The number of rotatable bonds is 5. The van der Waals surface area contributed by atoms with Crippen molar-refractivity contribution in [2.24, 2.45) is 0 Å². The van der Waals surface area contributed by atoms with Gasteiger partial charge < -0.3 is 10.1 Å². The van der Waals surface area contributed by atoms with Gasteiger partial charge in [0, 0.05) is 0 Å². The number of carbonyl (C=O) groups is 2. The van der Waals surface area contributed by atoms with Crippen LogP contribution in [-0.2, 0) is 9.59 Å². The molecule has 1 aliphatic rings. The molecule has 2 aromatic carbocycles. The molecule has 1 aliphatic heterocycles. The van der Waals surface area contributed by atoms with Crippen LogP contribution in [0.4, 0.5) is 5.69 Å². The number of amides is 2. The highest BCUT2D eigenvalue weighted by Gasteiger charge is 2.25. The minimum Gasteiger partial charge on any atom is -0.491 e. The smallest absolute Gasteiger partial charge is 0.240 e. The van der Waals surface area contributed by atoms with E-state index in [0.717, 1.165) is 11.3 Å². The maximum Gasteiger partial charge on any atom is 0.240 e. The van der Waals surface area contributed by atoms with Gasteiger partial charge in [-0.15, -0.1) is 0 Å². The van der Waals surface area contributed by atoms with E-state index in [-0.39, 0.29) is 30.8 Å². The van der Waals surface area contributed by atoms with Crippen molar-refractivity contribution in [1.82, 2.24) is 20.1 Å². The zero-order valence-corrected chi connectivity index (χ0v) is 16.0. The Kier molecular flexibility index (Phi) is 5.24.